The Bertz CT molecular complexity index is 565. The smallest absolute Gasteiger partial charge is 0.252 e. The lowest BCUT2D eigenvalue weighted by Gasteiger charge is -2.09. The first kappa shape index (κ1) is 15.0. The van der Waals surface area contributed by atoms with Gasteiger partial charge in [-0.2, -0.15) is 0 Å². The number of nitrogens with one attached hydrogen (secondary N) is 1. The molecular formula is C17H20N2O2. The molecule has 4 nitrogen and oxygen atoms in total. The molecule has 0 saturated carbocycles. The molecule has 1 heterocycles. The van der Waals surface area contributed by atoms with Gasteiger partial charge in [0, 0.05) is 12.4 Å². The summed E-state index contributed by atoms with van der Waals surface area (Å²) in [5.74, 6) is 1.19. The summed E-state index contributed by atoms with van der Waals surface area (Å²) >= 11 is 0. The standard InChI is InChI=1S/C17H20N2O2/c1-13(2)14-5-7-16(8-6-14)21-11-10-19-17(20)15-4-3-9-18-12-15/h3-9,12-13H,10-11H2,1-2H3,(H,19,20). The Kier molecular flexibility index (Phi) is 5.32. The molecular weight excluding hydrogens is 264 g/mol. The molecule has 0 saturated heterocycles. The highest BCUT2D eigenvalue weighted by Gasteiger charge is 2.04. The predicted octanol–water partition coefficient (Wildman–Crippen LogP) is 3.01. The third-order valence-electron chi connectivity index (χ3n) is 3.13. The van der Waals surface area contributed by atoms with Crippen LogP contribution in [0.1, 0.15) is 35.7 Å². The minimum Gasteiger partial charge on any atom is -0.492 e. The Hall–Kier alpha value is -2.36. The van der Waals surface area contributed by atoms with Crippen molar-refractivity contribution in [3.05, 3.63) is 59.9 Å². The topological polar surface area (TPSA) is 51.2 Å². The van der Waals surface area contributed by atoms with E-state index in [1.807, 2.05) is 12.1 Å². The summed E-state index contributed by atoms with van der Waals surface area (Å²) in [7, 11) is 0. The SMILES string of the molecule is CC(C)c1ccc(OCCNC(=O)c2cccnc2)cc1. The summed E-state index contributed by atoms with van der Waals surface area (Å²) < 4.78 is 5.60. The second kappa shape index (κ2) is 7.43. The second-order valence-electron chi connectivity index (χ2n) is 5.07. The van der Waals surface area contributed by atoms with E-state index < -0.39 is 0 Å². The molecule has 1 amide bonds. The van der Waals surface area contributed by atoms with E-state index in [1.54, 1.807) is 24.5 Å². The number of benzene rings is 1. The number of nitrogens with zero attached hydrogens (tertiary/aromatic N) is 1. The van der Waals surface area contributed by atoms with Gasteiger partial charge in [-0.3, -0.25) is 9.78 Å². The van der Waals surface area contributed by atoms with Crippen molar-refractivity contribution < 1.29 is 9.53 Å². The first-order valence-corrected chi connectivity index (χ1v) is 7.08. The normalized spacial score (nSPS) is 10.4. The largest absolute Gasteiger partial charge is 0.492 e. The van der Waals surface area contributed by atoms with Gasteiger partial charge in [-0.1, -0.05) is 26.0 Å². The maximum absolute atomic E-state index is 11.8. The monoisotopic (exact) mass is 284 g/mol. The molecule has 1 aromatic carbocycles. The van der Waals surface area contributed by atoms with Gasteiger partial charge in [0.1, 0.15) is 12.4 Å². The highest BCUT2D eigenvalue weighted by molar-refractivity contribution is 5.93. The molecule has 0 bridgehead atoms. The Morgan fingerprint density at radius 3 is 2.62 bits per heavy atom. The Balaban J connectivity index is 1.73. The van der Waals surface area contributed by atoms with Crippen molar-refractivity contribution in [3.63, 3.8) is 0 Å². The highest BCUT2D eigenvalue weighted by Crippen LogP contribution is 2.18. The van der Waals surface area contributed by atoms with Crippen LogP contribution in [-0.2, 0) is 0 Å². The number of hydrogen-bond donors (Lipinski definition) is 1. The lowest BCUT2D eigenvalue weighted by atomic mass is 10.0. The van der Waals surface area contributed by atoms with Crippen LogP contribution in [0.25, 0.3) is 0 Å². The van der Waals surface area contributed by atoms with E-state index in [2.05, 4.69) is 36.3 Å². The predicted molar refractivity (Wildman–Crippen MR) is 82.6 cm³/mol. The zero-order valence-corrected chi connectivity index (χ0v) is 12.4. The fraction of sp³-hybridized carbons (Fsp3) is 0.294. The lowest BCUT2D eigenvalue weighted by Crippen LogP contribution is -2.28. The van der Waals surface area contributed by atoms with E-state index in [-0.39, 0.29) is 5.91 Å². The van der Waals surface area contributed by atoms with Crippen molar-refractivity contribution in [3.8, 4) is 5.75 Å². The van der Waals surface area contributed by atoms with Crippen molar-refractivity contribution in [2.45, 2.75) is 19.8 Å². The molecule has 0 unspecified atom stereocenters. The second-order valence-corrected chi connectivity index (χ2v) is 5.07. The molecule has 2 aromatic rings. The van der Waals surface area contributed by atoms with Crippen LogP contribution in [0.3, 0.4) is 0 Å². The number of pyridine rings is 1. The zero-order valence-electron chi connectivity index (χ0n) is 12.4. The summed E-state index contributed by atoms with van der Waals surface area (Å²) in [6.45, 7) is 5.21. The molecule has 0 spiro atoms. The number of ether oxygens (including phenoxy) is 1. The lowest BCUT2D eigenvalue weighted by molar-refractivity contribution is 0.0946. The molecule has 0 radical (unpaired) electrons. The molecule has 0 aliphatic rings. The van der Waals surface area contributed by atoms with Gasteiger partial charge in [0.25, 0.3) is 5.91 Å². The van der Waals surface area contributed by atoms with Crippen LogP contribution in [0.4, 0.5) is 0 Å². The van der Waals surface area contributed by atoms with Gasteiger partial charge < -0.3 is 10.1 Å². The van der Waals surface area contributed by atoms with Crippen molar-refractivity contribution in [2.24, 2.45) is 0 Å². The molecule has 0 atom stereocenters. The van der Waals surface area contributed by atoms with E-state index >= 15 is 0 Å². The number of amides is 1. The summed E-state index contributed by atoms with van der Waals surface area (Å²) in [4.78, 5) is 15.7. The molecule has 1 aromatic heterocycles. The minimum absolute atomic E-state index is 0.137. The first-order valence-electron chi connectivity index (χ1n) is 7.08. The van der Waals surface area contributed by atoms with Crippen molar-refractivity contribution in [1.29, 1.82) is 0 Å². The molecule has 0 aliphatic carbocycles. The summed E-state index contributed by atoms with van der Waals surface area (Å²) in [6, 6.07) is 11.5. The van der Waals surface area contributed by atoms with Crippen molar-refractivity contribution in [1.82, 2.24) is 10.3 Å². The summed E-state index contributed by atoms with van der Waals surface area (Å²) in [6.07, 6.45) is 3.18. The van der Waals surface area contributed by atoms with Crippen LogP contribution >= 0.6 is 0 Å². The maximum atomic E-state index is 11.8. The maximum Gasteiger partial charge on any atom is 0.252 e. The average molecular weight is 284 g/mol. The Labute approximate surface area is 125 Å². The fourth-order valence-electron chi connectivity index (χ4n) is 1.88. The highest BCUT2D eigenvalue weighted by atomic mass is 16.5. The molecule has 4 heteroatoms. The van der Waals surface area contributed by atoms with E-state index in [1.165, 1.54) is 5.56 Å². The molecule has 2 rings (SSSR count). The number of rotatable bonds is 6. The average Bonchev–Trinajstić information content (AvgIpc) is 2.52. The Morgan fingerprint density at radius 1 is 1.24 bits per heavy atom. The van der Waals surface area contributed by atoms with E-state index in [9.17, 15) is 4.79 Å². The number of carbonyl (C=O) groups is 1. The summed E-state index contributed by atoms with van der Waals surface area (Å²) in [5.41, 5.74) is 1.84. The van der Waals surface area contributed by atoms with E-state index in [0.717, 1.165) is 5.75 Å². The Morgan fingerprint density at radius 2 is 2.00 bits per heavy atom. The number of aromatic nitrogens is 1. The van der Waals surface area contributed by atoms with Crippen molar-refractivity contribution >= 4 is 5.91 Å². The van der Waals surface area contributed by atoms with Crippen LogP contribution in [0.2, 0.25) is 0 Å². The molecule has 0 fully saturated rings. The van der Waals surface area contributed by atoms with Crippen LogP contribution in [0.15, 0.2) is 48.8 Å². The van der Waals surface area contributed by atoms with Gasteiger partial charge in [0.2, 0.25) is 0 Å². The van der Waals surface area contributed by atoms with Gasteiger partial charge in [-0.15, -0.1) is 0 Å². The van der Waals surface area contributed by atoms with Crippen LogP contribution in [0.5, 0.6) is 5.75 Å². The minimum atomic E-state index is -0.137. The fourth-order valence-corrected chi connectivity index (χ4v) is 1.88. The van der Waals surface area contributed by atoms with Crippen LogP contribution in [0, 0.1) is 0 Å². The van der Waals surface area contributed by atoms with Crippen LogP contribution in [-0.4, -0.2) is 24.0 Å². The van der Waals surface area contributed by atoms with E-state index in [4.69, 9.17) is 4.74 Å². The number of carbonyl (C=O) groups excluding carboxylic acids is 1. The van der Waals surface area contributed by atoms with Crippen LogP contribution < -0.4 is 10.1 Å². The number of hydrogen-bond acceptors (Lipinski definition) is 3. The van der Waals surface area contributed by atoms with Gasteiger partial charge in [0.15, 0.2) is 0 Å². The summed E-state index contributed by atoms with van der Waals surface area (Å²) in [5, 5.41) is 2.79. The third kappa shape index (κ3) is 4.60. The molecule has 21 heavy (non-hydrogen) atoms. The molecule has 1 N–H and O–H groups in total. The van der Waals surface area contributed by atoms with Gasteiger partial charge in [-0.25, -0.2) is 0 Å². The third-order valence-corrected chi connectivity index (χ3v) is 3.13. The molecule has 0 aliphatic heterocycles. The first-order chi connectivity index (χ1) is 10.2. The van der Waals surface area contributed by atoms with Gasteiger partial charge in [-0.05, 0) is 35.7 Å². The molecule has 110 valence electrons. The van der Waals surface area contributed by atoms with E-state index in [0.29, 0.717) is 24.6 Å². The van der Waals surface area contributed by atoms with Gasteiger partial charge in [0.05, 0.1) is 12.1 Å². The van der Waals surface area contributed by atoms with Gasteiger partial charge >= 0.3 is 0 Å². The zero-order chi connectivity index (χ0) is 15.1. The quantitative estimate of drug-likeness (QED) is 0.830. The van der Waals surface area contributed by atoms with Crippen molar-refractivity contribution in [2.75, 3.05) is 13.2 Å².